The monoisotopic (exact) mass is 378 g/mol. The summed E-state index contributed by atoms with van der Waals surface area (Å²) >= 11 is 11.9. The van der Waals surface area contributed by atoms with Crippen LogP contribution in [0.15, 0.2) is 48.5 Å². The highest BCUT2D eigenvalue weighted by Crippen LogP contribution is 2.25. The van der Waals surface area contributed by atoms with E-state index in [2.05, 4.69) is 17.4 Å². The Morgan fingerprint density at radius 3 is 2.28 bits per heavy atom. The van der Waals surface area contributed by atoms with Crippen molar-refractivity contribution in [1.82, 2.24) is 5.32 Å². The van der Waals surface area contributed by atoms with Crippen LogP contribution in [0, 0.1) is 0 Å². The van der Waals surface area contributed by atoms with Gasteiger partial charge in [0, 0.05) is 29.2 Å². The van der Waals surface area contributed by atoms with E-state index < -0.39 is 0 Å². The molecule has 0 aliphatic rings. The summed E-state index contributed by atoms with van der Waals surface area (Å²) in [7, 11) is 0. The van der Waals surface area contributed by atoms with Crippen molar-refractivity contribution in [3.05, 3.63) is 64.1 Å². The summed E-state index contributed by atoms with van der Waals surface area (Å²) in [6.45, 7) is 1.88. The zero-order valence-corrected chi connectivity index (χ0v) is 15.5. The van der Waals surface area contributed by atoms with E-state index in [-0.39, 0.29) is 18.4 Å². The van der Waals surface area contributed by atoms with Crippen LogP contribution >= 0.6 is 23.2 Å². The average molecular weight is 379 g/mol. The molecule has 0 atom stereocenters. The Morgan fingerprint density at radius 1 is 1.04 bits per heavy atom. The molecule has 0 radical (unpaired) electrons. The number of anilines is 1. The first kappa shape index (κ1) is 19.3. The first-order valence-corrected chi connectivity index (χ1v) is 8.76. The van der Waals surface area contributed by atoms with Gasteiger partial charge in [-0.2, -0.15) is 0 Å². The lowest BCUT2D eigenvalue weighted by Crippen LogP contribution is -2.40. The van der Waals surface area contributed by atoms with Gasteiger partial charge in [0.15, 0.2) is 0 Å². The van der Waals surface area contributed by atoms with Crippen molar-refractivity contribution >= 4 is 40.7 Å². The Balaban J connectivity index is 1.86. The molecular formula is C19H20Cl2N2O2. The molecule has 0 spiro atoms. The minimum atomic E-state index is -0.252. The largest absolute Gasteiger partial charge is 0.355 e. The highest BCUT2D eigenvalue weighted by Gasteiger charge is 2.16. The molecule has 132 valence electrons. The van der Waals surface area contributed by atoms with E-state index in [0.717, 1.165) is 12.8 Å². The molecule has 0 saturated carbocycles. The number of hydrogen-bond donors (Lipinski definition) is 1. The van der Waals surface area contributed by atoms with Gasteiger partial charge in [-0.1, -0.05) is 53.5 Å². The van der Waals surface area contributed by atoms with Crippen LogP contribution in [0.25, 0.3) is 0 Å². The van der Waals surface area contributed by atoms with E-state index >= 15 is 0 Å². The number of halogens is 2. The quantitative estimate of drug-likeness (QED) is 0.737. The maximum absolute atomic E-state index is 12.1. The lowest BCUT2D eigenvalue weighted by molar-refractivity contribution is -0.123. The highest BCUT2D eigenvalue weighted by molar-refractivity contribution is 6.35. The van der Waals surface area contributed by atoms with Gasteiger partial charge < -0.3 is 10.2 Å². The molecule has 1 N–H and O–H groups in total. The van der Waals surface area contributed by atoms with Gasteiger partial charge in [-0.3, -0.25) is 9.59 Å². The molecule has 0 aliphatic carbocycles. The third-order valence-corrected chi connectivity index (χ3v) is 4.08. The van der Waals surface area contributed by atoms with E-state index in [9.17, 15) is 9.59 Å². The summed E-state index contributed by atoms with van der Waals surface area (Å²) in [6.07, 6.45) is 1.72. The summed E-state index contributed by atoms with van der Waals surface area (Å²) in [6, 6.07) is 14.9. The van der Waals surface area contributed by atoms with Gasteiger partial charge in [0.05, 0.1) is 0 Å². The maximum atomic E-state index is 12.1. The van der Waals surface area contributed by atoms with Crippen molar-refractivity contribution in [3.63, 3.8) is 0 Å². The number of nitrogens with one attached hydrogen (secondary N) is 1. The normalized spacial score (nSPS) is 10.4. The summed E-state index contributed by atoms with van der Waals surface area (Å²) in [5.74, 6) is -0.475. The Morgan fingerprint density at radius 2 is 1.68 bits per heavy atom. The van der Waals surface area contributed by atoms with Gasteiger partial charge in [-0.05, 0) is 36.6 Å². The van der Waals surface area contributed by atoms with Crippen LogP contribution in [-0.4, -0.2) is 24.9 Å². The molecule has 0 aliphatic heterocycles. The summed E-state index contributed by atoms with van der Waals surface area (Å²) < 4.78 is 0. The van der Waals surface area contributed by atoms with Crippen molar-refractivity contribution < 1.29 is 9.59 Å². The fourth-order valence-electron chi connectivity index (χ4n) is 2.44. The van der Waals surface area contributed by atoms with Crippen molar-refractivity contribution in [2.75, 3.05) is 18.0 Å². The number of amides is 2. The van der Waals surface area contributed by atoms with Crippen molar-refractivity contribution in [2.45, 2.75) is 19.8 Å². The number of carbonyl (C=O) groups is 2. The second-order valence-corrected chi connectivity index (χ2v) is 6.54. The summed E-state index contributed by atoms with van der Waals surface area (Å²) in [5.41, 5.74) is 1.74. The molecule has 0 heterocycles. The molecule has 0 saturated heterocycles. The lowest BCUT2D eigenvalue weighted by atomic mass is 10.1. The van der Waals surface area contributed by atoms with E-state index in [1.165, 1.54) is 17.4 Å². The van der Waals surface area contributed by atoms with Crippen LogP contribution in [0.2, 0.25) is 10.0 Å². The number of aryl methyl sites for hydroxylation is 1. The van der Waals surface area contributed by atoms with E-state index in [0.29, 0.717) is 22.3 Å². The molecule has 6 heteroatoms. The Labute approximate surface area is 157 Å². The number of hydrogen-bond acceptors (Lipinski definition) is 2. The summed E-state index contributed by atoms with van der Waals surface area (Å²) in [4.78, 5) is 25.4. The molecule has 0 unspecified atom stereocenters. The van der Waals surface area contributed by atoms with E-state index in [4.69, 9.17) is 23.2 Å². The Bertz CT molecular complexity index is 715. The van der Waals surface area contributed by atoms with E-state index in [1.807, 2.05) is 18.2 Å². The SMILES string of the molecule is CC(=O)N(CC(=O)NCCCc1ccccc1)c1cc(Cl)cc(Cl)c1. The second kappa shape index (κ2) is 9.44. The molecule has 0 aromatic heterocycles. The fraction of sp³-hybridized carbons (Fsp3) is 0.263. The summed E-state index contributed by atoms with van der Waals surface area (Å²) in [5, 5.41) is 3.67. The predicted molar refractivity (Wildman–Crippen MR) is 102 cm³/mol. The van der Waals surface area contributed by atoms with Gasteiger partial charge in [0.2, 0.25) is 11.8 Å². The van der Waals surface area contributed by atoms with Crippen molar-refractivity contribution in [1.29, 1.82) is 0 Å². The molecule has 0 bridgehead atoms. The fourth-order valence-corrected chi connectivity index (χ4v) is 2.96. The molecule has 4 nitrogen and oxygen atoms in total. The van der Waals surface area contributed by atoms with Gasteiger partial charge in [0.1, 0.15) is 6.54 Å². The molecular weight excluding hydrogens is 359 g/mol. The number of carbonyl (C=O) groups excluding carboxylic acids is 2. The third-order valence-electron chi connectivity index (χ3n) is 3.65. The second-order valence-electron chi connectivity index (χ2n) is 5.67. The van der Waals surface area contributed by atoms with Crippen LogP contribution in [-0.2, 0) is 16.0 Å². The van der Waals surface area contributed by atoms with Crippen LogP contribution < -0.4 is 10.2 Å². The van der Waals surface area contributed by atoms with Crippen LogP contribution in [0.5, 0.6) is 0 Å². The number of nitrogens with zero attached hydrogens (tertiary/aromatic N) is 1. The molecule has 2 aromatic rings. The standard InChI is InChI=1S/C19H20Cl2N2O2/c1-14(24)23(18-11-16(20)10-17(21)12-18)13-19(25)22-9-5-8-15-6-3-2-4-7-15/h2-4,6-7,10-12H,5,8-9,13H2,1H3,(H,22,25). The first-order valence-electron chi connectivity index (χ1n) is 8.00. The minimum Gasteiger partial charge on any atom is -0.355 e. The topological polar surface area (TPSA) is 49.4 Å². The highest BCUT2D eigenvalue weighted by atomic mass is 35.5. The lowest BCUT2D eigenvalue weighted by Gasteiger charge is -2.21. The minimum absolute atomic E-state index is 0.0721. The van der Waals surface area contributed by atoms with Crippen LogP contribution in [0.1, 0.15) is 18.9 Å². The maximum Gasteiger partial charge on any atom is 0.240 e. The van der Waals surface area contributed by atoms with Crippen molar-refractivity contribution in [3.8, 4) is 0 Å². The van der Waals surface area contributed by atoms with Crippen LogP contribution in [0.3, 0.4) is 0 Å². The van der Waals surface area contributed by atoms with Crippen LogP contribution in [0.4, 0.5) is 5.69 Å². The van der Waals surface area contributed by atoms with E-state index in [1.54, 1.807) is 18.2 Å². The molecule has 2 rings (SSSR count). The molecule has 2 amide bonds. The predicted octanol–water partition coefficient (Wildman–Crippen LogP) is 4.10. The van der Waals surface area contributed by atoms with Gasteiger partial charge in [-0.25, -0.2) is 0 Å². The Hall–Kier alpha value is -2.04. The Kier molecular flexibility index (Phi) is 7.29. The zero-order chi connectivity index (χ0) is 18.2. The molecule has 25 heavy (non-hydrogen) atoms. The molecule has 0 fully saturated rings. The number of benzene rings is 2. The van der Waals surface area contributed by atoms with Gasteiger partial charge >= 0.3 is 0 Å². The van der Waals surface area contributed by atoms with Crippen molar-refractivity contribution in [2.24, 2.45) is 0 Å². The van der Waals surface area contributed by atoms with Gasteiger partial charge in [-0.15, -0.1) is 0 Å². The average Bonchev–Trinajstić information content (AvgIpc) is 2.56. The smallest absolute Gasteiger partial charge is 0.240 e. The first-order chi connectivity index (χ1) is 12.0. The zero-order valence-electron chi connectivity index (χ0n) is 14.0. The number of rotatable bonds is 7. The van der Waals surface area contributed by atoms with Gasteiger partial charge in [0.25, 0.3) is 0 Å². The molecule has 2 aromatic carbocycles. The third kappa shape index (κ3) is 6.40.